The summed E-state index contributed by atoms with van der Waals surface area (Å²) in [7, 11) is 1.90. The third-order valence-electron chi connectivity index (χ3n) is 5.46. The van der Waals surface area contributed by atoms with Crippen LogP contribution in [0.15, 0.2) is 24.3 Å². The van der Waals surface area contributed by atoms with E-state index in [0.717, 1.165) is 19.4 Å². The van der Waals surface area contributed by atoms with E-state index in [2.05, 4.69) is 10.1 Å². The molecule has 8 heteroatoms. The fraction of sp³-hybridized carbons (Fsp3) is 0.600. The molecule has 0 aliphatic carbocycles. The van der Waals surface area contributed by atoms with Crippen molar-refractivity contribution < 1.29 is 23.1 Å². The molecule has 1 N–H and O–H groups in total. The Morgan fingerprint density at radius 1 is 1.21 bits per heavy atom. The van der Waals surface area contributed by atoms with Crippen molar-refractivity contribution in [2.24, 2.45) is 5.92 Å². The van der Waals surface area contributed by atoms with E-state index >= 15 is 0 Å². The van der Waals surface area contributed by atoms with Gasteiger partial charge in [0.1, 0.15) is 11.8 Å². The molecule has 2 unspecified atom stereocenters. The molecule has 2 amide bonds. The van der Waals surface area contributed by atoms with E-state index in [4.69, 9.17) is 0 Å². The van der Waals surface area contributed by atoms with Crippen molar-refractivity contribution in [2.75, 3.05) is 33.2 Å². The van der Waals surface area contributed by atoms with E-state index in [0.29, 0.717) is 38.4 Å². The Morgan fingerprint density at radius 3 is 2.71 bits per heavy atom. The van der Waals surface area contributed by atoms with E-state index in [1.54, 1.807) is 6.07 Å². The number of nitrogens with one attached hydrogen (secondary N) is 1. The molecular weight excluding hydrogens is 368 g/mol. The topological polar surface area (TPSA) is 61.9 Å². The Labute approximate surface area is 163 Å². The van der Waals surface area contributed by atoms with Gasteiger partial charge in [-0.15, -0.1) is 0 Å². The van der Waals surface area contributed by atoms with Crippen LogP contribution in [-0.4, -0.2) is 67.5 Å². The second-order valence-electron chi connectivity index (χ2n) is 7.38. The highest BCUT2D eigenvalue weighted by molar-refractivity contribution is 6.00. The summed E-state index contributed by atoms with van der Waals surface area (Å²) in [5, 5.41) is 3.16. The Morgan fingerprint density at radius 2 is 1.96 bits per heavy atom. The van der Waals surface area contributed by atoms with Crippen LogP contribution in [-0.2, 0) is 4.79 Å². The quantitative estimate of drug-likeness (QED) is 0.803. The fourth-order valence-corrected chi connectivity index (χ4v) is 4.19. The van der Waals surface area contributed by atoms with Crippen molar-refractivity contribution in [1.82, 2.24) is 15.1 Å². The maximum absolute atomic E-state index is 13.1. The van der Waals surface area contributed by atoms with Crippen LogP contribution in [0.5, 0.6) is 5.75 Å². The predicted molar refractivity (Wildman–Crippen MR) is 100 cm³/mol. The summed E-state index contributed by atoms with van der Waals surface area (Å²) in [4.78, 5) is 29.5. The number of para-hydroxylation sites is 1. The maximum Gasteiger partial charge on any atom is 0.387 e. The summed E-state index contributed by atoms with van der Waals surface area (Å²) >= 11 is 0. The summed E-state index contributed by atoms with van der Waals surface area (Å²) in [6.07, 6.45) is 3.34. The largest absolute Gasteiger partial charge is 0.434 e. The highest BCUT2D eigenvalue weighted by Crippen LogP contribution is 2.28. The van der Waals surface area contributed by atoms with E-state index in [1.807, 2.05) is 11.9 Å². The van der Waals surface area contributed by atoms with Crippen LogP contribution in [0, 0.1) is 5.92 Å². The molecule has 2 atom stereocenters. The molecule has 2 aliphatic heterocycles. The predicted octanol–water partition coefficient (Wildman–Crippen LogP) is 2.35. The molecule has 0 saturated carbocycles. The molecule has 0 bridgehead atoms. The molecule has 28 heavy (non-hydrogen) atoms. The fourth-order valence-electron chi connectivity index (χ4n) is 4.19. The molecule has 2 aliphatic rings. The highest BCUT2D eigenvalue weighted by Gasteiger charge is 2.38. The van der Waals surface area contributed by atoms with Crippen molar-refractivity contribution in [2.45, 2.75) is 38.3 Å². The van der Waals surface area contributed by atoms with Crippen molar-refractivity contribution >= 4 is 11.8 Å². The zero-order valence-electron chi connectivity index (χ0n) is 16.1. The lowest BCUT2D eigenvalue weighted by atomic mass is 9.97. The van der Waals surface area contributed by atoms with Gasteiger partial charge in [-0.25, -0.2) is 0 Å². The third kappa shape index (κ3) is 4.60. The Kier molecular flexibility index (Phi) is 6.83. The standard InChI is InChI=1S/C20H27F2N3O3/c1-23-12-14-6-4-10-24(13-14)19(27)16-8-5-11-25(16)18(26)15-7-2-3-9-17(15)28-20(21)22/h2-3,7,9,14,16,20,23H,4-6,8,10-13H2,1H3. The van der Waals surface area contributed by atoms with Crippen LogP contribution in [0.4, 0.5) is 8.78 Å². The third-order valence-corrected chi connectivity index (χ3v) is 5.46. The van der Waals surface area contributed by atoms with Gasteiger partial charge in [-0.2, -0.15) is 8.78 Å². The minimum atomic E-state index is -3.01. The minimum Gasteiger partial charge on any atom is -0.434 e. The van der Waals surface area contributed by atoms with Gasteiger partial charge < -0.3 is 19.9 Å². The van der Waals surface area contributed by atoms with Crippen molar-refractivity contribution in [1.29, 1.82) is 0 Å². The summed E-state index contributed by atoms with van der Waals surface area (Å²) in [5.41, 5.74) is 0.0641. The van der Waals surface area contributed by atoms with Gasteiger partial charge in [0.05, 0.1) is 5.56 Å². The molecule has 0 radical (unpaired) electrons. The zero-order chi connectivity index (χ0) is 20.1. The average molecular weight is 395 g/mol. The van der Waals surface area contributed by atoms with Gasteiger partial charge in [0, 0.05) is 19.6 Å². The molecule has 2 fully saturated rings. The number of hydrogen-bond donors (Lipinski definition) is 1. The first-order chi connectivity index (χ1) is 13.5. The van der Waals surface area contributed by atoms with Crippen LogP contribution in [0.1, 0.15) is 36.0 Å². The van der Waals surface area contributed by atoms with Gasteiger partial charge in [-0.3, -0.25) is 9.59 Å². The Bertz CT molecular complexity index is 699. The second kappa shape index (κ2) is 9.32. The molecule has 3 rings (SSSR count). The first-order valence-electron chi connectivity index (χ1n) is 9.79. The molecule has 2 heterocycles. The van der Waals surface area contributed by atoms with Gasteiger partial charge in [0.25, 0.3) is 5.91 Å². The molecule has 2 saturated heterocycles. The molecule has 1 aromatic rings. The van der Waals surface area contributed by atoms with Gasteiger partial charge in [0.2, 0.25) is 5.91 Å². The van der Waals surface area contributed by atoms with E-state index in [1.165, 1.54) is 23.1 Å². The molecule has 0 spiro atoms. The minimum absolute atomic E-state index is 0.0427. The van der Waals surface area contributed by atoms with Crippen molar-refractivity contribution in [3.63, 3.8) is 0 Å². The normalized spacial score (nSPS) is 22.6. The lowest BCUT2D eigenvalue weighted by Gasteiger charge is -2.36. The number of benzene rings is 1. The van der Waals surface area contributed by atoms with Crippen LogP contribution in [0.3, 0.4) is 0 Å². The highest BCUT2D eigenvalue weighted by atomic mass is 19.3. The summed E-state index contributed by atoms with van der Waals surface area (Å²) in [5.74, 6) is -0.226. The van der Waals surface area contributed by atoms with Crippen LogP contribution in [0.2, 0.25) is 0 Å². The molecule has 1 aromatic carbocycles. The van der Waals surface area contributed by atoms with Crippen LogP contribution in [0.25, 0.3) is 0 Å². The number of piperidine rings is 1. The van der Waals surface area contributed by atoms with Crippen LogP contribution >= 0.6 is 0 Å². The van der Waals surface area contributed by atoms with Crippen molar-refractivity contribution in [3.05, 3.63) is 29.8 Å². The number of nitrogens with zero attached hydrogens (tertiary/aromatic N) is 2. The molecular formula is C20H27F2N3O3. The first kappa shape index (κ1) is 20.5. The summed E-state index contributed by atoms with van der Waals surface area (Å²) in [6.45, 7) is -0.338. The SMILES string of the molecule is CNCC1CCCN(C(=O)C2CCCN2C(=O)c2ccccc2OC(F)F)C1. The van der Waals surface area contributed by atoms with E-state index < -0.39 is 18.6 Å². The van der Waals surface area contributed by atoms with Gasteiger partial charge >= 0.3 is 6.61 Å². The summed E-state index contributed by atoms with van der Waals surface area (Å²) < 4.78 is 29.8. The van der Waals surface area contributed by atoms with E-state index in [9.17, 15) is 18.4 Å². The lowest BCUT2D eigenvalue weighted by molar-refractivity contribution is -0.137. The van der Waals surface area contributed by atoms with Crippen molar-refractivity contribution in [3.8, 4) is 5.75 Å². The average Bonchev–Trinajstić information content (AvgIpc) is 3.17. The number of carbonyl (C=O) groups excluding carboxylic acids is 2. The number of rotatable bonds is 6. The smallest absolute Gasteiger partial charge is 0.387 e. The Balaban J connectivity index is 1.74. The number of hydrogen-bond acceptors (Lipinski definition) is 4. The zero-order valence-corrected chi connectivity index (χ0v) is 16.1. The number of halogens is 2. The number of ether oxygens (including phenoxy) is 1. The Hall–Kier alpha value is -2.22. The number of alkyl halides is 2. The van der Waals surface area contributed by atoms with Gasteiger partial charge in [-0.1, -0.05) is 12.1 Å². The molecule has 6 nitrogen and oxygen atoms in total. The van der Waals surface area contributed by atoms with E-state index in [-0.39, 0.29) is 17.2 Å². The molecule has 0 aromatic heterocycles. The summed E-state index contributed by atoms with van der Waals surface area (Å²) in [6, 6.07) is 5.41. The van der Waals surface area contributed by atoms with Gasteiger partial charge in [0.15, 0.2) is 0 Å². The van der Waals surface area contributed by atoms with Gasteiger partial charge in [-0.05, 0) is 57.3 Å². The second-order valence-corrected chi connectivity index (χ2v) is 7.38. The lowest BCUT2D eigenvalue weighted by Crippen LogP contribution is -2.51. The number of likely N-dealkylation sites (tertiary alicyclic amines) is 2. The number of amides is 2. The first-order valence-corrected chi connectivity index (χ1v) is 9.79. The van der Waals surface area contributed by atoms with Crippen LogP contribution < -0.4 is 10.1 Å². The molecule has 154 valence electrons. The monoisotopic (exact) mass is 395 g/mol. The number of carbonyl (C=O) groups is 2. The maximum atomic E-state index is 13.1.